The Morgan fingerprint density at radius 2 is 1.22 bits per heavy atom. The van der Waals surface area contributed by atoms with E-state index in [9.17, 15) is 29.4 Å². The Balaban J connectivity index is 1.94. The van der Waals surface area contributed by atoms with Crippen LogP contribution in [-0.2, 0) is 9.47 Å². The van der Waals surface area contributed by atoms with Crippen LogP contribution in [0.15, 0.2) is 48.5 Å². The third-order valence-corrected chi connectivity index (χ3v) is 4.81. The molecule has 0 spiro atoms. The van der Waals surface area contributed by atoms with Gasteiger partial charge in [0, 0.05) is 0 Å². The van der Waals surface area contributed by atoms with Crippen LogP contribution < -0.4 is 0 Å². The average Bonchev–Trinajstić information content (AvgIpc) is 2.79. The molecule has 1 unspecified atom stereocenters. The van der Waals surface area contributed by atoms with Crippen molar-refractivity contribution in [3.8, 4) is 0 Å². The van der Waals surface area contributed by atoms with Crippen LogP contribution in [0.25, 0.3) is 0 Å². The van der Waals surface area contributed by atoms with Crippen molar-refractivity contribution in [2.75, 3.05) is 6.61 Å². The molecule has 170 valence electrons. The van der Waals surface area contributed by atoms with E-state index in [1.165, 1.54) is 36.4 Å². The van der Waals surface area contributed by atoms with Crippen LogP contribution in [0.2, 0.25) is 0 Å². The zero-order chi connectivity index (χ0) is 23.5. The normalized spacial score (nSPS) is 11.4. The van der Waals surface area contributed by atoms with Gasteiger partial charge in [0.25, 0.3) is 0 Å². The Bertz CT molecular complexity index is 966. The van der Waals surface area contributed by atoms with Crippen molar-refractivity contribution in [3.05, 3.63) is 70.8 Å². The number of rotatable bonds is 12. The Labute approximate surface area is 185 Å². The van der Waals surface area contributed by atoms with Gasteiger partial charge in [-0.15, -0.1) is 0 Å². The molecule has 32 heavy (non-hydrogen) atoms. The molecule has 2 N–H and O–H groups in total. The standard InChI is InChI=1S/C24H26O8/c1-2-3-9-16(32-24(30)20-14-7-5-12-18(20)22(27)28)10-8-15-31-23(29)19-13-6-4-11-17(19)21(25)26/h4-7,11-14,16H,2-3,8-10,15H2,1H3,(H,25,26)(H,27,28). The summed E-state index contributed by atoms with van der Waals surface area (Å²) in [5.41, 5.74) is -0.306. The molecule has 0 aliphatic heterocycles. The first-order valence-corrected chi connectivity index (χ1v) is 10.4. The van der Waals surface area contributed by atoms with Gasteiger partial charge in [-0.05, 0) is 43.5 Å². The maximum absolute atomic E-state index is 12.5. The summed E-state index contributed by atoms with van der Waals surface area (Å²) >= 11 is 0. The SMILES string of the molecule is CCCCC(CCCOC(=O)c1ccccc1C(=O)O)OC(=O)c1ccccc1C(=O)O. The molecule has 0 fully saturated rings. The number of unbranched alkanes of at least 4 members (excludes halogenated alkanes) is 1. The highest BCUT2D eigenvalue weighted by Gasteiger charge is 2.21. The quantitative estimate of drug-likeness (QED) is 0.365. The van der Waals surface area contributed by atoms with Crippen LogP contribution in [0.1, 0.15) is 80.5 Å². The average molecular weight is 442 g/mol. The van der Waals surface area contributed by atoms with Crippen molar-refractivity contribution in [1.82, 2.24) is 0 Å². The van der Waals surface area contributed by atoms with E-state index in [0.29, 0.717) is 19.3 Å². The van der Waals surface area contributed by atoms with E-state index >= 15 is 0 Å². The predicted molar refractivity (Wildman–Crippen MR) is 115 cm³/mol. The second kappa shape index (κ2) is 12.2. The number of ether oxygens (including phenoxy) is 2. The molecule has 0 saturated carbocycles. The van der Waals surface area contributed by atoms with Crippen LogP contribution in [0.5, 0.6) is 0 Å². The molecule has 0 saturated heterocycles. The van der Waals surface area contributed by atoms with Gasteiger partial charge in [0.2, 0.25) is 0 Å². The molecule has 0 aliphatic carbocycles. The predicted octanol–water partition coefficient (Wildman–Crippen LogP) is 4.44. The number of carbonyl (C=O) groups excluding carboxylic acids is 2. The van der Waals surface area contributed by atoms with Gasteiger partial charge in [0.15, 0.2) is 0 Å². The van der Waals surface area contributed by atoms with Crippen molar-refractivity contribution >= 4 is 23.9 Å². The largest absolute Gasteiger partial charge is 0.478 e. The second-order valence-electron chi connectivity index (χ2n) is 7.15. The van der Waals surface area contributed by atoms with Crippen LogP contribution in [0.4, 0.5) is 0 Å². The fourth-order valence-corrected chi connectivity index (χ4v) is 3.16. The van der Waals surface area contributed by atoms with E-state index in [1.54, 1.807) is 12.1 Å². The van der Waals surface area contributed by atoms with Crippen molar-refractivity contribution in [2.45, 2.75) is 45.1 Å². The van der Waals surface area contributed by atoms with E-state index in [1.807, 2.05) is 6.92 Å². The van der Waals surface area contributed by atoms with E-state index in [2.05, 4.69) is 0 Å². The smallest absolute Gasteiger partial charge is 0.339 e. The minimum Gasteiger partial charge on any atom is -0.478 e. The Morgan fingerprint density at radius 1 is 0.750 bits per heavy atom. The third-order valence-electron chi connectivity index (χ3n) is 4.81. The lowest BCUT2D eigenvalue weighted by molar-refractivity contribution is 0.0211. The highest BCUT2D eigenvalue weighted by atomic mass is 16.5. The molecule has 8 nitrogen and oxygen atoms in total. The number of carboxylic acid groups (broad SMARTS) is 2. The van der Waals surface area contributed by atoms with Gasteiger partial charge in [-0.1, -0.05) is 44.0 Å². The molecule has 0 heterocycles. The summed E-state index contributed by atoms with van der Waals surface area (Å²) in [5, 5.41) is 18.5. The van der Waals surface area contributed by atoms with Crippen LogP contribution in [0, 0.1) is 0 Å². The van der Waals surface area contributed by atoms with Gasteiger partial charge < -0.3 is 19.7 Å². The van der Waals surface area contributed by atoms with Gasteiger partial charge in [0.1, 0.15) is 6.10 Å². The van der Waals surface area contributed by atoms with Crippen LogP contribution in [0.3, 0.4) is 0 Å². The number of carboxylic acids is 2. The molecule has 0 radical (unpaired) electrons. The van der Waals surface area contributed by atoms with Crippen LogP contribution in [-0.4, -0.2) is 46.8 Å². The summed E-state index contributed by atoms with van der Waals surface area (Å²) in [6, 6.07) is 11.6. The number of aromatic carboxylic acids is 2. The Hall–Kier alpha value is -3.68. The molecule has 0 bridgehead atoms. The molecular weight excluding hydrogens is 416 g/mol. The highest BCUT2D eigenvalue weighted by molar-refractivity contribution is 6.03. The lowest BCUT2D eigenvalue weighted by atomic mass is 10.1. The number of esters is 2. The second-order valence-corrected chi connectivity index (χ2v) is 7.15. The summed E-state index contributed by atoms with van der Waals surface area (Å²) in [4.78, 5) is 47.4. The summed E-state index contributed by atoms with van der Waals surface area (Å²) in [5.74, 6) is -3.88. The molecule has 0 aromatic heterocycles. The molecule has 1 atom stereocenters. The van der Waals surface area contributed by atoms with E-state index < -0.39 is 30.0 Å². The number of benzene rings is 2. The maximum Gasteiger partial charge on any atom is 0.339 e. The summed E-state index contributed by atoms with van der Waals surface area (Å²) < 4.78 is 10.7. The monoisotopic (exact) mass is 442 g/mol. The first kappa shape index (κ1) is 24.6. The molecule has 2 rings (SSSR count). The minimum absolute atomic E-state index is 0.0156. The van der Waals surface area contributed by atoms with Crippen molar-refractivity contribution in [2.24, 2.45) is 0 Å². The van der Waals surface area contributed by atoms with Gasteiger partial charge >= 0.3 is 23.9 Å². The van der Waals surface area contributed by atoms with Gasteiger partial charge in [0.05, 0.1) is 28.9 Å². The molecule has 2 aromatic rings. The summed E-state index contributed by atoms with van der Waals surface area (Å²) in [7, 11) is 0. The maximum atomic E-state index is 12.5. The number of hydrogen-bond donors (Lipinski definition) is 2. The summed E-state index contributed by atoms with van der Waals surface area (Å²) in [6.07, 6.45) is 2.63. The number of carbonyl (C=O) groups is 4. The van der Waals surface area contributed by atoms with Crippen molar-refractivity contribution < 1.29 is 38.9 Å². The first-order valence-electron chi connectivity index (χ1n) is 10.4. The van der Waals surface area contributed by atoms with Gasteiger partial charge in [-0.2, -0.15) is 0 Å². The topological polar surface area (TPSA) is 127 Å². The van der Waals surface area contributed by atoms with E-state index in [-0.39, 0.29) is 28.9 Å². The lowest BCUT2D eigenvalue weighted by Gasteiger charge is -2.18. The Kier molecular flexibility index (Phi) is 9.41. The third kappa shape index (κ3) is 6.94. The fraction of sp³-hybridized carbons (Fsp3) is 0.333. The van der Waals surface area contributed by atoms with Crippen molar-refractivity contribution in [3.63, 3.8) is 0 Å². The molecule has 8 heteroatoms. The highest BCUT2D eigenvalue weighted by Crippen LogP contribution is 2.17. The Morgan fingerprint density at radius 3 is 1.72 bits per heavy atom. The molecule has 0 amide bonds. The van der Waals surface area contributed by atoms with Gasteiger partial charge in [-0.3, -0.25) is 0 Å². The zero-order valence-electron chi connectivity index (χ0n) is 17.8. The lowest BCUT2D eigenvalue weighted by Crippen LogP contribution is -2.21. The zero-order valence-corrected chi connectivity index (χ0v) is 17.8. The van der Waals surface area contributed by atoms with E-state index in [0.717, 1.165) is 12.8 Å². The molecule has 0 aliphatic rings. The van der Waals surface area contributed by atoms with E-state index in [4.69, 9.17) is 9.47 Å². The van der Waals surface area contributed by atoms with Gasteiger partial charge in [-0.25, -0.2) is 19.2 Å². The van der Waals surface area contributed by atoms with Crippen molar-refractivity contribution in [1.29, 1.82) is 0 Å². The summed E-state index contributed by atoms with van der Waals surface area (Å²) in [6.45, 7) is 2.03. The minimum atomic E-state index is -1.22. The number of hydrogen-bond acceptors (Lipinski definition) is 6. The molecule has 2 aromatic carbocycles. The first-order chi connectivity index (χ1) is 15.3. The fourth-order valence-electron chi connectivity index (χ4n) is 3.16. The van der Waals surface area contributed by atoms with Crippen LogP contribution >= 0.6 is 0 Å². The molecular formula is C24H26O8.